The molecule has 33 atom stereocenters. The predicted octanol–water partition coefficient (Wildman–Crippen LogP) is -16.4. The van der Waals surface area contributed by atoms with E-state index in [0.717, 1.165) is 6.92 Å². The van der Waals surface area contributed by atoms with Crippen LogP contribution in [0.25, 0.3) is 0 Å². The number of aliphatic carboxylic acids is 2. The molecule has 6 saturated heterocycles. The van der Waals surface area contributed by atoms with Gasteiger partial charge in [-0.05, 0) is 0 Å². The zero-order valence-electron chi connectivity index (χ0n) is 46.9. The van der Waals surface area contributed by atoms with Crippen molar-refractivity contribution in [1.29, 1.82) is 0 Å². The van der Waals surface area contributed by atoms with Gasteiger partial charge < -0.3 is 185 Å². The van der Waals surface area contributed by atoms with Crippen LogP contribution in [0, 0.1) is 0 Å². The maximum Gasteiger partial charge on any atom is 0.364 e. The van der Waals surface area contributed by atoms with Gasteiger partial charge in [-0.1, -0.05) is 0 Å². The molecule has 6 fully saturated rings. The Balaban J connectivity index is 1.39. The molecule has 0 radical (unpaired) electrons. The summed E-state index contributed by atoms with van der Waals surface area (Å²) < 4.78 is 69.1. The minimum absolute atomic E-state index is 0.214. The van der Waals surface area contributed by atoms with E-state index >= 15 is 0 Å². The molecule has 0 aromatic rings. The normalized spacial score (nSPS) is 44.7. The molecule has 0 aromatic heterocycles. The third-order valence-corrected chi connectivity index (χ3v) is 15.7. The molecule has 0 spiro atoms. The Hall–Kier alpha value is -3.44. The van der Waals surface area contributed by atoms with Crippen LogP contribution in [0.1, 0.15) is 19.8 Å². The Morgan fingerprint density at radius 3 is 1.37 bits per heavy atom. The van der Waals surface area contributed by atoms with Crippen LogP contribution in [0.3, 0.4) is 0 Å². The number of carboxylic acid groups (broad SMARTS) is 2. The fraction of sp³-hybridized carbons (Fsp3) is 0.917. The average Bonchev–Trinajstić information content (AvgIpc) is 0.826. The molecule has 89 heavy (non-hydrogen) atoms. The Morgan fingerprint density at radius 2 is 0.921 bits per heavy atom. The van der Waals surface area contributed by atoms with E-state index in [2.05, 4.69) is 10.6 Å². The van der Waals surface area contributed by atoms with Crippen LogP contribution in [0.5, 0.6) is 0 Å². The predicted molar refractivity (Wildman–Crippen MR) is 269 cm³/mol. The van der Waals surface area contributed by atoms with Crippen LogP contribution in [0.4, 0.5) is 0 Å². The van der Waals surface area contributed by atoms with E-state index in [4.69, 9.17) is 56.8 Å². The molecule has 0 saturated carbocycles. The second kappa shape index (κ2) is 32.1. The minimum Gasteiger partial charge on any atom is -0.477 e. The molecule has 25 N–H and O–H groups in total. The number of carbonyl (C=O) groups is 4. The third kappa shape index (κ3) is 16.2. The number of hydrogen-bond acceptors (Lipinski definition) is 37. The van der Waals surface area contributed by atoms with Gasteiger partial charge >= 0.3 is 11.9 Å². The number of hydrogen-bond donors (Lipinski definition) is 25. The highest BCUT2D eigenvalue weighted by molar-refractivity contribution is 5.76. The first-order chi connectivity index (χ1) is 42.0. The molecule has 516 valence electrons. The monoisotopic (exact) mass is 1310 g/mol. The van der Waals surface area contributed by atoms with Crippen LogP contribution in [0.15, 0.2) is 0 Å². The Morgan fingerprint density at radius 1 is 0.506 bits per heavy atom. The summed E-state index contributed by atoms with van der Waals surface area (Å²) in [6, 6.07) is -3.20. The first-order valence-corrected chi connectivity index (χ1v) is 27.6. The van der Waals surface area contributed by atoms with Gasteiger partial charge in [0.2, 0.25) is 12.3 Å². The maximum atomic E-state index is 13.5. The molecular formula is C48H80N2O39. The van der Waals surface area contributed by atoms with Crippen LogP contribution in [-0.2, 0) is 76.0 Å². The standard InChI is InChI=1S/C48H80N2O39/c1-13(59)50-23-36(85-43-32(72)39(29(69)20(8-55)80-43)88-47(45(74)75)2-15(60)24(64)37(86-47)26(66)17(62)5-52)28(68)19(7-54)79-41(23)84-35-22(10-57)82-44(83-34-21(9-56)81-42(31(71)30(34)70)78-11-14(4-51)49-12-58)33(73)40(35)89-48(46(76)77)3-16(61)25(65)38(87-48)27(67)18(63)6-53/h12,14-44,51-57,60-73H,2-11H2,1H3,(H,49,58)(H,50,59)(H,74,75)(H,76,77)/t14-,15+,16+,17-,18-,19-,20-,21-,22-,23-,24-,25-,26-,27-,28+,29+,30-,31-,32-,33-,34-,35+,36-,37-,38-,39+,40-,41+,42-,43+,44+,47+,48+/m1/s1. The van der Waals surface area contributed by atoms with Gasteiger partial charge in [0.25, 0.3) is 11.6 Å². The van der Waals surface area contributed by atoms with Crippen molar-refractivity contribution in [2.24, 2.45) is 0 Å². The second-order valence-corrected chi connectivity index (χ2v) is 21.8. The quantitative estimate of drug-likeness (QED) is 0.0309. The van der Waals surface area contributed by atoms with Gasteiger partial charge in [0, 0.05) is 19.8 Å². The maximum absolute atomic E-state index is 13.5. The fourth-order valence-electron chi connectivity index (χ4n) is 10.8. The summed E-state index contributed by atoms with van der Waals surface area (Å²) in [4.78, 5) is 50.6. The second-order valence-electron chi connectivity index (χ2n) is 21.8. The number of ether oxygens (including phenoxy) is 12. The number of nitrogens with one attached hydrogen (secondary N) is 2. The summed E-state index contributed by atoms with van der Waals surface area (Å²) in [6.45, 7) is -7.75. The van der Waals surface area contributed by atoms with Crippen LogP contribution in [-0.4, -0.2) is 396 Å². The molecule has 0 unspecified atom stereocenters. The molecule has 0 aromatic carbocycles. The number of carbonyl (C=O) groups excluding carboxylic acids is 2. The van der Waals surface area contributed by atoms with Gasteiger partial charge in [0.05, 0.1) is 71.1 Å². The van der Waals surface area contributed by atoms with E-state index in [1.807, 2.05) is 0 Å². The van der Waals surface area contributed by atoms with Crippen molar-refractivity contribution < 1.29 is 193 Å². The van der Waals surface area contributed by atoms with Crippen LogP contribution < -0.4 is 10.6 Å². The molecular weight excluding hydrogens is 1230 g/mol. The Kier molecular flexibility index (Phi) is 26.9. The number of rotatable bonds is 29. The van der Waals surface area contributed by atoms with E-state index in [0.29, 0.717) is 0 Å². The van der Waals surface area contributed by atoms with Crippen molar-refractivity contribution in [2.75, 3.05) is 52.9 Å². The molecule has 6 heterocycles. The number of amides is 2. The van der Waals surface area contributed by atoms with E-state index < -0.39 is 285 Å². The summed E-state index contributed by atoms with van der Waals surface area (Å²) in [7, 11) is 0. The third-order valence-electron chi connectivity index (χ3n) is 15.7. The highest BCUT2D eigenvalue weighted by atomic mass is 16.8. The Bertz CT molecular complexity index is 2250. The molecule has 2 amide bonds. The molecule has 0 aliphatic carbocycles. The summed E-state index contributed by atoms with van der Waals surface area (Å²) in [6.07, 6.45) is -67.9. The van der Waals surface area contributed by atoms with Gasteiger partial charge in [-0.3, -0.25) is 9.59 Å². The molecule has 41 heteroatoms. The summed E-state index contributed by atoms with van der Waals surface area (Å²) in [5, 5.41) is 252. The van der Waals surface area contributed by atoms with Crippen molar-refractivity contribution in [3.8, 4) is 0 Å². The van der Waals surface area contributed by atoms with Gasteiger partial charge in [0.15, 0.2) is 25.2 Å². The first-order valence-electron chi connectivity index (χ1n) is 27.6. The van der Waals surface area contributed by atoms with E-state index in [1.54, 1.807) is 0 Å². The number of aliphatic hydroxyl groups excluding tert-OH is 21. The molecule has 6 aliphatic heterocycles. The summed E-state index contributed by atoms with van der Waals surface area (Å²) >= 11 is 0. The van der Waals surface area contributed by atoms with Crippen molar-refractivity contribution in [3.63, 3.8) is 0 Å². The van der Waals surface area contributed by atoms with Crippen molar-refractivity contribution >= 4 is 24.3 Å². The van der Waals surface area contributed by atoms with Crippen LogP contribution in [0.2, 0.25) is 0 Å². The fourth-order valence-corrected chi connectivity index (χ4v) is 10.8. The van der Waals surface area contributed by atoms with E-state index in [-0.39, 0.29) is 6.41 Å². The Labute approximate surface area is 501 Å². The smallest absolute Gasteiger partial charge is 0.364 e. The molecule has 41 nitrogen and oxygen atoms in total. The summed E-state index contributed by atoms with van der Waals surface area (Å²) in [5.74, 6) is -12.3. The highest BCUT2D eigenvalue weighted by Crippen LogP contribution is 2.42. The van der Waals surface area contributed by atoms with Crippen molar-refractivity contribution in [2.45, 2.75) is 221 Å². The minimum atomic E-state index is -3.47. The largest absolute Gasteiger partial charge is 0.477 e. The van der Waals surface area contributed by atoms with Gasteiger partial charge in [0.1, 0.15) is 146 Å². The lowest BCUT2D eigenvalue weighted by molar-refractivity contribution is -0.407. The number of aliphatic hydroxyl groups is 21. The SMILES string of the molecule is CC(=O)N[C@H]1[C@H](O[C@@H]2[C@H](O[C@]3(C(=O)O)C[C@H](O)[C@@H](O)[C@H]([C@H](O)[C@H](O)CO)O3)[C@@H](O)[C@H](O[C@H]3[C@H](O)[C@@H](O)[C@H](OC[C@@H](CO)NC=O)O[C@@H]3CO)O[C@@H]2CO)O[C@H](CO)[C@H](O)[C@@H]1O[C@@H]1O[C@H](CO)[C@H](O)[C@H](O[C@]2(C(=O)O)C[C@H](O)[C@@H](O)[C@H]([C@H](O)[C@H](O)CO)O2)[C@H]1O. The van der Waals surface area contributed by atoms with Gasteiger partial charge in [-0.2, -0.15) is 0 Å². The van der Waals surface area contributed by atoms with Crippen molar-refractivity contribution in [3.05, 3.63) is 0 Å². The van der Waals surface area contributed by atoms with E-state index in [9.17, 15) is 137 Å². The highest BCUT2D eigenvalue weighted by Gasteiger charge is 2.64. The molecule has 0 bridgehead atoms. The van der Waals surface area contributed by atoms with Crippen LogP contribution >= 0.6 is 0 Å². The summed E-state index contributed by atoms with van der Waals surface area (Å²) in [5.41, 5.74) is 0. The average molecular weight is 1310 g/mol. The number of carboxylic acids is 2. The lowest BCUT2D eigenvalue weighted by Gasteiger charge is -2.52. The molecule has 6 rings (SSSR count). The van der Waals surface area contributed by atoms with E-state index in [1.165, 1.54) is 0 Å². The first kappa shape index (κ1) is 74.6. The topological polar surface area (TPSA) is 668 Å². The zero-order chi connectivity index (χ0) is 66.3. The zero-order valence-corrected chi connectivity index (χ0v) is 46.9. The van der Waals surface area contributed by atoms with Crippen molar-refractivity contribution in [1.82, 2.24) is 10.6 Å². The lowest BCUT2D eigenvalue weighted by Crippen LogP contribution is -2.72. The van der Waals surface area contributed by atoms with Gasteiger partial charge in [-0.15, -0.1) is 0 Å². The van der Waals surface area contributed by atoms with Gasteiger partial charge in [-0.25, -0.2) is 9.59 Å². The lowest BCUT2D eigenvalue weighted by atomic mass is 9.90. The molecule has 6 aliphatic rings.